The zero-order chi connectivity index (χ0) is 28.8. The van der Waals surface area contributed by atoms with E-state index >= 15 is 0 Å². The summed E-state index contributed by atoms with van der Waals surface area (Å²) in [7, 11) is 0. The fourth-order valence-corrected chi connectivity index (χ4v) is 10.0. The zero-order valence-corrected chi connectivity index (χ0v) is 25.3. The summed E-state index contributed by atoms with van der Waals surface area (Å²) in [6.07, 6.45) is 0. The van der Waals surface area contributed by atoms with Gasteiger partial charge in [0.15, 0.2) is 0 Å². The van der Waals surface area contributed by atoms with E-state index in [0.717, 1.165) is 11.4 Å². The van der Waals surface area contributed by atoms with Gasteiger partial charge in [0.25, 0.3) is 0 Å². The number of anilines is 2. The van der Waals surface area contributed by atoms with Gasteiger partial charge in [-0.1, -0.05) is 109 Å². The van der Waals surface area contributed by atoms with Gasteiger partial charge in [0, 0.05) is 41.3 Å². The van der Waals surface area contributed by atoms with Crippen molar-refractivity contribution in [2.75, 3.05) is 5.32 Å². The molecule has 44 heavy (non-hydrogen) atoms. The number of fused-ring (bicyclic) bond motifs is 13. The highest BCUT2D eigenvalue weighted by atomic mass is 32.2. The van der Waals surface area contributed by atoms with Crippen molar-refractivity contribution in [2.45, 2.75) is 15.2 Å². The second-order valence-corrected chi connectivity index (χ2v) is 13.9. The van der Waals surface area contributed by atoms with Crippen molar-refractivity contribution in [3.05, 3.63) is 168 Å². The Kier molecular flexibility index (Phi) is 5.08. The molecule has 0 saturated carbocycles. The quantitative estimate of drug-likeness (QED) is 0.213. The topological polar surface area (TPSA) is 12.0 Å². The molecule has 8 aromatic rings. The van der Waals surface area contributed by atoms with E-state index in [9.17, 15) is 0 Å². The third-order valence-electron chi connectivity index (χ3n) is 9.49. The fourth-order valence-electron chi connectivity index (χ4n) is 7.71. The molecule has 1 aromatic heterocycles. The first-order valence-electron chi connectivity index (χ1n) is 15.0. The van der Waals surface area contributed by atoms with E-state index in [1.54, 1.807) is 0 Å². The monoisotopic (exact) mass is 595 g/mol. The van der Waals surface area contributed by atoms with Gasteiger partial charge in [-0.2, -0.15) is 0 Å². The largest absolute Gasteiger partial charge is 0.355 e. The molecule has 1 aliphatic carbocycles. The van der Waals surface area contributed by atoms with Crippen LogP contribution in [0.4, 0.5) is 11.4 Å². The molecule has 0 saturated heterocycles. The second-order valence-electron chi connectivity index (χ2n) is 11.8. The molecule has 1 nitrogen and oxygen atoms in total. The molecule has 3 heteroatoms. The number of hydrogen-bond acceptors (Lipinski definition) is 3. The Hall–Kier alpha value is -4.83. The van der Waals surface area contributed by atoms with Crippen LogP contribution in [0.5, 0.6) is 0 Å². The van der Waals surface area contributed by atoms with Crippen LogP contribution in [-0.4, -0.2) is 0 Å². The summed E-state index contributed by atoms with van der Waals surface area (Å²) in [6.45, 7) is 0. The normalized spacial score (nSPS) is 14.0. The first-order chi connectivity index (χ1) is 21.8. The SMILES string of the molecule is c1ccc2c(c1)Sc1ccc(Nc3cccc4sc5cc6ccccc6cc5c34)cc1C21c2ccccc2-c2ccccc21. The average molecular weight is 596 g/mol. The van der Waals surface area contributed by atoms with Crippen LogP contribution in [0.2, 0.25) is 0 Å². The van der Waals surface area contributed by atoms with E-state index in [2.05, 4.69) is 151 Å². The minimum absolute atomic E-state index is 0.373. The lowest BCUT2D eigenvalue weighted by atomic mass is 9.67. The summed E-state index contributed by atoms with van der Waals surface area (Å²) in [4.78, 5) is 2.64. The molecule has 0 bridgehead atoms. The summed E-state index contributed by atoms with van der Waals surface area (Å²) in [5.41, 5.74) is 9.98. The van der Waals surface area contributed by atoms with Crippen LogP contribution in [0.3, 0.4) is 0 Å². The Balaban J connectivity index is 1.20. The Bertz CT molecular complexity index is 2420. The summed E-state index contributed by atoms with van der Waals surface area (Å²) < 4.78 is 2.63. The van der Waals surface area contributed by atoms with Gasteiger partial charge in [-0.25, -0.2) is 0 Å². The predicted octanol–water partition coefficient (Wildman–Crippen LogP) is 11.8. The van der Waals surface area contributed by atoms with Gasteiger partial charge in [-0.05, 0) is 92.7 Å². The predicted molar refractivity (Wildman–Crippen MR) is 188 cm³/mol. The highest BCUT2D eigenvalue weighted by Gasteiger charge is 2.50. The maximum Gasteiger partial charge on any atom is 0.0736 e. The summed E-state index contributed by atoms with van der Waals surface area (Å²) in [6, 6.07) is 54.0. The molecule has 2 heterocycles. The number of nitrogens with one attached hydrogen (secondary N) is 1. The van der Waals surface area contributed by atoms with Gasteiger partial charge >= 0.3 is 0 Å². The molecule has 206 valence electrons. The van der Waals surface area contributed by atoms with Crippen LogP contribution >= 0.6 is 23.1 Å². The first-order valence-corrected chi connectivity index (χ1v) is 16.6. The highest BCUT2D eigenvalue weighted by Crippen LogP contribution is 2.62. The molecule has 1 aliphatic heterocycles. The van der Waals surface area contributed by atoms with Crippen LogP contribution in [0.25, 0.3) is 42.1 Å². The summed E-state index contributed by atoms with van der Waals surface area (Å²) in [5.74, 6) is 0. The van der Waals surface area contributed by atoms with Crippen LogP contribution in [0.1, 0.15) is 22.3 Å². The minimum Gasteiger partial charge on any atom is -0.355 e. The third-order valence-corrected chi connectivity index (χ3v) is 11.8. The second kappa shape index (κ2) is 9.09. The number of thiophene rings is 1. The van der Waals surface area contributed by atoms with Crippen molar-refractivity contribution in [3.8, 4) is 11.1 Å². The fraction of sp³-hybridized carbons (Fsp3) is 0.0244. The van der Waals surface area contributed by atoms with Gasteiger partial charge in [0.1, 0.15) is 0 Å². The van der Waals surface area contributed by atoms with E-state index in [0.29, 0.717) is 0 Å². The summed E-state index contributed by atoms with van der Waals surface area (Å²) in [5, 5.41) is 9.07. The first kappa shape index (κ1) is 24.6. The van der Waals surface area contributed by atoms with E-state index in [-0.39, 0.29) is 5.41 Å². The lowest BCUT2D eigenvalue weighted by Crippen LogP contribution is -2.32. The maximum atomic E-state index is 3.90. The molecule has 1 N–H and O–H groups in total. The highest BCUT2D eigenvalue weighted by molar-refractivity contribution is 7.99. The Morgan fingerprint density at radius 1 is 0.477 bits per heavy atom. The van der Waals surface area contributed by atoms with Crippen LogP contribution in [-0.2, 0) is 5.41 Å². The van der Waals surface area contributed by atoms with E-state index < -0.39 is 0 Å². The van der Waals surface area contributed by atoms with Crippen molar-refractivity contribution < 1.29 is 0 Å². The zero-order valence-electron chi connectivity index (χ0n) is 23.7. The molecule has 0 unspecified atom stereocenters. The maximum absolute atomic E-state index is 3.90. The smallest absolute Gasteiger partial charge is 0.0736 e. The van der Waals surface area contributed by atoms with Crippen molar-refractivity contribution in [2.24, 2.45) is 0 Å². The number of benzene rings is 7. The molecule has 7 aromatic carbocycles. The molecular weight excluding hydrogens is 571 g/mol. The van der Waals surface area contributed by atoms with Crippen molar-refractivity contribution >= 4 is 65.4 Å². The third kappa shape index (κ3) is 3.26. The van der Waals surface area contributed by atoms with Gasteiger partial charge in [0.05, 0.1) is 5.41 Å². The van der Waals surface area contributed by atoms with Crippen LogP contribution < -0.4 is 5.32 Å². The van der Waals surface area contributed by atoms with Crippen molar-refractivity contribution in [1.29, 1.82) is 0 Å². The molecule has 1 spiro atoms. The number of hydrogen-bond donors (Lipinski definition) is 1. The minimum atomic E-state index is -0.373. The molecule has 0 fully saturated rings. The van der Waals surface area contributed by atoms with Crippen LogP contribution in [0, 0.1) is 0 Å². The standard InChI is InChI=1S/C41H25NS2/c1-2-11-26-23-39-30(22-25(26)10-1)40-35(17-9-19-38(40)44-39)42-27-20-21-37-34(24-27)41(33-16-7-8-18-36(33)43-37)31-14-5-3-12-28(31)29-13-4-6-15-32(29)41/h1-24,42H. The summed E-state index contributed by atoms with van der Waals surface area (Å²) >= 11 is 3.76. The Morgan fingerprint density at radius 3 is 1.93 bits per heavy atom. The van der Waals surface area contributed by atoms with Gasteiger partial charge in [-0.15, -0.1) is 11.3 Å². The van der Waals surface area contributed by atoms with Crippen molar-refractivity contribution in [3.63, 3.8) is 0 Å². The molecule has 2 aliphatic rings. The molecule has 10 rings (SSSR count). The molecule has 0 atom stereocenters. The van der Waals surface area contributed by atoms with Gasteiger partial charge in [-0.3, -0.25) is 0 Å². The molecule has 0 amide bonds. The van der Waals surface area contributed by atoms with E-state index in [1.165, 1.54) is 74.1 Å². The Morgan fingerprint density at radius 2 is 1.14 bits per heavy atom. The molecule has 0 radical (unpaired) electrons. The average Bonchev–Trinajstić information content (AvgIpc) is 3.58. The van der Waals surface area contributed by atoms with E-state index in [1.807, 2.05) is 23.1 Å². The Labute approximate surface area is 263 Å². The van der Waals surface area contributed by atoms with Gasteiger partial charge in [0.2, 0.25) is 0 Å². The lowest BCUT2D eigenvalue weighted by molar-refractivity contribution is 0.723. The van der Waals surface area contributed by atoms with Gasteiger partial charge < -0.3 is 5.32 Å². The van der Waals surface area contributed by atoms with E-state index in [4.69, 9.17) is 0 Å². The van der Waals surface area contributed by atoms with Crippen molar-refractivity contribution in [1.82, 2.24) is 0 Å². The van der Waals surface area contributed by atoms with Crippen LogP contribution in [0.15, 0.2) is 155 Å². The molecular formula is C41H25NS2. The lowest BCUT2D eigenvalue weighted by Gasteiger charge is -2.40. The number of rotatable bonds is 2.